The predicted octanol–water partition coefficient (Wildman–Crippen LogP) is 2.80. The summed E-state index contributed by atoms with van der Waals surface area (Å²) in [5.41, 5.74) is 0. The van der Waals surface area contributed by atoms with Crippen molar-refractivity contribution in [3.63, 3.8) is 0 Å². The van der Waals surface area contributed by atoms with Crippen LogP contribution in [0.3, 0.4) is 0 Å². The van der Waals surface area contributed by atoms with Crippen LogP contribution >= 0.6 is 0 Å². The quantitative estimate of drug-likeness (QED) is 0.287. The molecule has 0 bridgehead atoms. The third-order valence-corrected chi connectivity index (χ3v) is 4.77. The number of nitrogens with one attached hydrogen (secondary N) is 2. The van der Waals surface area contributed by atoms with Crippen molar-refractivity contribution in [3.05, 3.63) is 24.2 Å². The number of likely N-dealkylation sites (tertiary alicyclic amines) is 1. The van der Waals surface area contributed by atoms with E-state index in [4.69, 9.17) is 18.9 Å². The van der Waals surface area contributed by atoms with Crippen molar-refractivity contribution in [2.24, 2.45) is 4.99 Å². The summed E-state index contributed by atoms with van der Waals surface area (Å²) in [5.74, 6) is 1.81. The normalized spacial score (nSPS) is 16.4. The molecule has 1 unspecified atom stereocenters. The fraction of sp³-hybridized carbons (Fsp3) is 0.762. The summed E-state index contributed by atoms with van der Waals surface area (Å²) >= 11 is 0. The maximum absolute atomic E-state index is 5.68. The molecule has 0 aromatic carbocycles. The molecule has 7 heteroatoms. The summed E-state index contributed by atoms with van der Waals surface area (Å²) in [4.78, 5) is 7.26. The maximum Gasteiger partial charge on any atom is 0.191 e. The Labute approximate surface area is 169 Å². The first-order valence-electron chi connectivity index (χ1n) is 10.8. The molecule has 1 saturated heterocycles. The second-order valence-corrected chi connectivity index (χ2v) is 7.00. The van der Waals surface area contributed by atoms with Crippen molar-refractivity contribution in [2.45, 2.75) is 45.6 Å². The van der Waals surface area contributed by atoms with E-state index in [2.05, 4.69) is 35.4 Å². The summed E-state index contributed by atoms with van der Waals surface area (Å²) in [6.45, 7) is 11.4. The maximum atomic E-state index is 5.68. The predicted molar refractivity (Wildman–Crippen MR) is 113 cm³/mol. The molecule has 0 saturated carbocycles. The second-order valence-electron chi connectivity index (χ2n) is 7.00. The SMILES string of the molecule is CCCCOCCOCCNC(=NCC(c1ccco1)N1CCCC1)NCC. The molecule has 2 N–H and O–H groups in total. The van der Waals surface area contributed by atoms with E-state index in [1.807, 2.05) is 6.07 Å². The Balaban J connectivity index is 1.72. The lowest BCUT2D eigenvalue weighted by molar-refractivity contribution is 0.0487. The Bertz CT molecular complexity index is 516. The number of hydrogen-bond acceptors (Lipinski definition) is 5. The van der Waals surface area contributed by atoms with E-state index >= 15 is 0 Å². The van der Waals surface area contributed by atoms with Gasteiger partial charge in [0.1, 0.15) is 5.76 Å². The van der Waals surface area contributed by atoms with Gasteiger partial charge in [-0.15, -0.1) is 0 Å². The van der Waals surface area contributed by atoms with Gasteiger partial charge in [-0.05, 0) is 51.4 Å². The summed E-state index contributed by atoms with van der Waals surface area (Å²) in [7, 11) is 0. The molecule has 0 spiro atoms. The molecule has 0 radical (unpaired) electrons. The van der Waals surface area contributed by atoms with Crippen LogP contribution in [0.2, 0.25) is 0 Å². The summed E-state index contributed by atoms with van der Waals surface area (Å²) < 4.78 is 16.8. The van der Waals surface area contributed by atoms with Crippen LogP contribution in [0, 0.1) is 0 Å². The highest BCUT2D eigenvalue weighted by molar-refractivity contribution is 5.79. The van der Waals surface area contributed by atoms with Crippen LogP contribution in [-0.2, 0) is 9.47 Å². The van der Waals surface area contributed by atoms with Gasteiger partial charge >= 0.3 is 0 Å². The van der Waals surface area contributed by atoms with Crippen molar-refractivity contribution in [3.8, 4) is 0 Å². The van der Waals surface area contributed by atoms with E-state index in [1.165, 1.54) is 12.8 Å². The van der Waals surface area contributed by atoms with Crippen LogP contribution < -0.4 is 10.6 Å². The molecule has 2 heterocycles. The molecular weight excluding hydrogens is 356 g/mol. The summed E-state index contributed by atoms with van der Waals surface area (Å²) in [5, 5.41) is 6.66. The lowest BCUT2D eigenvalue weighted by Crippen LogP contribution is -2.40. The highest BCUT2D eigenvalue weighted by atomic mass is 16.5. The van der Waals surface area contributed by atoms with Crippen molar-refractivity contribution in [2.75, 3.05) is 59.2 Å². The average molecular weight is 395 g/mol. The highest BCUT2D eigenvalue weighted by Crippen LogP contribution is 2.25. The Morgan fingerprint density at radius 3 is 2.61 bits per heavy atom. The lowest BCUT2D eigenvalue weighted by Gasteiger charge is -2.24. The zero-order valence-corrected chi connectivity index (χ0v) is 17.6. The first-order valence-corrected chi connectivity index (χ1v) is 10.8. The minimum atomic E-state index is 0.199. The highest BCUT2D eigenvalue weighted by Gasteiger charge is 2.25. The molecule has 1 aromatic rings. The van der Waals surface area contributed by atoms with Gasteiger partial charge in [-0.3, -0.25) is 9.89 Å². The molecule has 1 aromatic heterocycles. The molecule has 1 aliphatic heterocycles. The van der Waals surface area contributed by atoms with Crippen molar-refractivity contribution >= 4 is 5.96 Å². The Hall–Kier alpha value is -1.57. The Morgan fingerprint density at radius 2 is 1.93 bits per heavy atom. The van der Waals surface area contributed by atoms with Gasteiger partial charge in [-0.2, -0.15) is 0 Å². The molecule has 7 nitrogen and oxygen atoms in total. The van der Waals surface area contributed by atoms with Crippen LogP contribution in [-0.4, -0.2) is 70.0 Å². The molecular formula is C21H38N4O3. The molecule has 1 atom stereocenters. The number of rotatable bonds is 14. The fourth-order valence-electron chi connectivity index (χ4n) is 3.25. The average Bonchev–Trinajstić information content (AvgIpc) is 3.41. The number of unbranched alkanes of at least 4 members (excludes halogenated alkanes) is 1. The molecule has 28 heavy (non-hydrogen) atoms. The first kappa shape index (κ1) is 22.7. The van der Waals surface area contributed by atoms with Crippen LogP contribution in [0.25, 0.3) is 0 Å². The lowest BCUT2D eigenvalue weighted by atomic mass is 10.2. The van der Waals surface area contributed by atoms with Crippen LogP contribution in [0.1, 0.15) is 51.3 Å². The third-order valence-electron chi connectivity index (χ3n) is 4.77. The van der Waals surface area contributed by atoms with E-state index in [1.54, 1.807) is 6.26 Å². The number of aliphatic imine (C=N–C) groups is 1. The van der Waals surface area contributed by atoms with Gasteiger partial charge in [-0.1, -0.05) is 13.3 Å². The van der Waals surface area contributed by atoms with Crippen LogP contribution in [0.15, 0.2) is 27.8 Å². The molecule has 2 rings (SSSR count). The Morgan fingerprint density at radius 1 is 1.14 bits per heavy atom. The summed E-state index contributed by atoms with van der Waals surface area (Å²) in [6, 6.07) is 4.20. The van der Waals surface area contributed by atoms with Crippen LogP contribution in [0.4, 0.5) is 0 Å². The molecule has 160 valence electrons. The molecule has 0 amide bonds. The van der Waals surface area contributed by atoms with E-state index in [9.17, 15) is 0 Å². The van der Waals surface area contributed by atoms with Gasteiger partial charge in [0.2, 0.25) is 0 Å². The van der Waals surface area contributed by atoms with E-state index in [0.717, 1.165) is 57.3 Å². The fourth-order valence-corrected chi connectivity index (χ4v) is 3.25. The number of guanidine groups is 1. The van der Waals surface area contributed by atoms with E-state index in [-0.39, 0.29) is 6.04 Å². The number of nitrogens with zero attached hydrogens (tertiary/aromatic N) is 2. The van der Waals surface area contributed by atoms with Gasteiger partial charge in [0.25, 0.3) is 0 Å². The van der Waals surface area contributed by atoms with Gasteiger partial charge < -0.3 is 24.5 Å². The second kappa shape index (κ2) is 14.4. The monoisotopic (exact) mass is 394 g/mol. The number of furan rings is 1. The first-order chi connectivity index (χ1) is 13.8. The van der Waals surface area contributed by atoms with Gasteiger partial charge in [0.15, 0.2) is 5.96 Å². The molecule has 1 fully saturated rings. The Kier molecular flexibility index (Phi) is 11.7. The smallest absolute Gasteiger partial charge is 0.191 e. The third kappa shape index (κ3) is 8.63. The largest absolute Gasteiger partial charge is 0.468 e. The van der Waals surface area contributed by atoms with Crippen LogP contribution in [0.5, 0.6) is 0 Å². The van der Waals surface area contributed by atoms with Gasteiger partial charge in [-0.25, -0.2) is 0 Å². The zero-order chi connectivity index (χ0) is 19.9. The minimum absolute atomic E-state index is 0.199. The standard InChI is InChI=1S/C21H38N4O3/c1-3-5-13-26-16-17-27-15-10-23-21(22-4-2)24-18-19(20-9-8-14-28-20)25-11-6-7-12-25/h8-9,14,19H,3-7,10-13,15-18H2,1-2H3,(H2,22,23,24). The van der Waals surface area contributed by atoms with Gasteiger partial charge in [0, 0.05) is 19.7 Å². The minimum Gasteiger partial charge on any atom is -0.468 e. The van der Waals surface area contributed by atoms with Crippen molar-refractivity contribution in [1.82, 2.24) is 15.5 Å². The van der Waals surface area contributed by atoms with Gasteiger partial charge in [0.05, 0.1) is 38.7 Å². The zero-order valence-electron chi connectivity index (χ0n) is 17.6. The van der Waals surface area contributed by atoms with E-state index < -0.39 is 0 Å². The molecule has 1 aliphatic rings. The summed E-state index contributed by atoms with van der Waals surface area (Å²) in [6.07, 6.45) is 6.52. The molecule has 0 aliphatic carbocycles. The van der Waals surface area contributed by atoms with Crippen molar-refractivity contribution in [1.29, 1.82) is 0 Å². The number of ether oxygens (including phenoxy) is 2. The van der Waals surface area contributed by atoms with E-state index in [0.29, 0.717) is 26.4 Å². The topological polar surface area (TPSA) is 71.3 Å². The van der Waals surface area contributed by atoms with Crippen molar-refractivity contribution < 1.29 is 13.9 Å². The number of hydrogen-bond donors (Lipinski definition) is 2.